The third-order valence-corrected chi connectivity index (χ3v) is 5.15. The molecule has 0 bridgehead atoms. The fourth-order valence-corrected chi connectivity index (χ4v) is 3.24. The monoisotopic (exact) mass is 443 g/mol. The Bertz CT molecular complexity index is 762. The molecule has 31 heavy (non-hydrogen) atoms. The van der Waals surface area contributed by atoms with E-state index >= 15 is 0 Å². The largest absolute Gasteiger partial charge is 0.494 e. The maximum Gasteiger partial charge on any atom is 0.343 e. The van der Waals surface area contributed by atoms with Gasteiger partial charge in [-0.3, -0.25) is 5.14 Å². The molecule has 2 aromatic carbocycles. The SMILES string of the molecule is C=CCCCCOc1ccc(C(=O)Oc2ccc(OCCCCCCSN)cc2)cc1. The van der Waals surface area contributed by atoms with Gasteiger partial charge in [-0.15, -0.1) is 6.58 Å². The van der Waals surface area contributed by atoms with Gasteiger partial charge in [0, 0.05) is 5.75 Å². The number of rotatable bonds is 16. The van der Waals surface area contributed by atoms with Crippen LogP contribution in [0, 0.1) is 0 Å². The van der Waals surface area contributed by atoms with E-state index in [1.807, 2.05) is 18.2 Å². The normalized spacial score (nSPS) is 10.5. The van der Waals surface area contributed by atoms with Crippen LogP contribution >= 0.6 is 11.9 Å². The number of hydrogen-bond acceptors (Lipinski definition) is 6. The van der Waals surface area contributed by atoms with Crippen molar-refractivity contribution in [1.29, 1.82) is 0 Å². The average Bonchev–Trinajstić information content (AvgIpc) is 2.80. The van der Waals surface area contributed by atoms with E-state index in [2.05, 4.69) is 6.58 Å². The predicted octanol–water partition coefficient (Wildman–Crippen LogP) is 6.19. The zero-order valence-electron chi connectivity index (χ0n) is 18.1. The van der Waals surface area contributed by atoms with Crippen LogP contribution < -0.4 is 19.3 Å². The zero-order valence-corrected chi connectivity index (χ0v) is 18.9. The Morgan fingerprint density at radius 1 is 0.806 bits per heavy atom. The molecule has 0 spiro atoms. The van der Waals surface area contributed by atoms with Crippen LogP contribution in [0.4, 0.5) is 0 Å². The highest BCUT2D eigenvalue weighted by atomic mass is 32.2. The van der Waals surface area contributed by atoms with E-state index in [9.17, 15) is 4.79 Å². The van der Waals surface area contributed by atoms with Crippen LogP contribution in [0.25, 0.3) is 0 Å². The Balaban J connectivity index is 1.69. The molecule has 6 heteroatoms. The lowest BCUT2D eigenvalue weighted by molar-refractivity contribution is 0.0734. The molecule has 2 aromatic rings. The van der Waals surface area contributed by atoms with Crippen LogP contribution in [-0.4, -0.2) is 24.9 Å². The minimum atomic E-state index is -0.401. The molecule has 5 nitrogen and oxygen atoms in total. The van der Waals surface area contributed by atoms with E-state index in [0.717, 1.165) is 55.8 Å². The summed E-state index contributed by atoms with van der Waals surface area (Å²) in [5, 5.41) is 5.41. The second-order valence-corrected chi connectivity index (χ2v) is 7.89. The summed E-state index contributed by atoms with van der Waals surface area (Å²) < 4.78 is 16.9. The van der Waals surface area contributed by atoms with Crippen LogP contribution in [0.15, 0.2) is 61.2 Å². The van der Waals surface area contributed by atoms with Crippen molar-refractivity contribution in [2.24, 2.45) is 5.14 Å². The first-order valence-electron chi connectivity index (χ1n) is 10.8. The van der Waals surface area contributed by atoms with E-state index in [1.54, 1.807) is 36.4 Å². The highest BCUT2D eigenvalue weighted by Crippen LogP contribution is 2.20. The first-order valence-corrected chi connectivity index (χ1v) is 11.9. The molecule has 0 atom stereocenters. The number of carbonyl (C=O) groups excluding carboxylic acids is 1. The van der Waals surface area contributed by atoms with Gasteiger partial charge in [0.1, 0.15) is 17.2 Å². The number of benzene rings is 2. The number of unbranched alkanes of at least 4 members (excludes halogenated alkanes) is 5. The van der Waals surface area contributed by atoms with Gasteiger partial charge in [0.15, 0.2) is 0 Å². The summed E-state index contributed by atoms with van der Waals surface area (Å²) in [7, 11) is 0. The molecule has 0 aromatic heterocycles. The van der Waals surface area contributed by atoms with Crippen LogP contribution in [-0.2, 0) is 0 Å². The van der Waals surface area contributed by atoms with Crippen LogP contribution in [0.1, 0.15) is 55.3 Å². The van der Waals surface area contributed by atoms with Crippen molar-refractivity contribution in [2.45, 2.75) is 44.9 Å². The molecule has 0 unspecified atom stereocenters. The third kappa shape index (κ3) is 10.4. The Morgan fingerprint density at radius 3 is 1.97 bits per heavy atom. The van der Waals surface area contributed by atoms with Gasteiger partial charge in [-0.05, 0) is 80.6 Å². The first kappa shape index (κ1) is 24.8. The summed E-state index contributed by atoms with van der Waals surface area (Å²) in [6.45, 7) is 5.04. The molecule has 168 valence electrons. The number of esters is 1. The van der Waals surface area contributed by atoms with Crippen molar-refractivity contribution in [1.82, 2.24) is 0 Å². The highest BCUT2D eigenvalue weighted by molar-refractivity contribution is 7.97. The molecule has 2 rings (SSSR count). The Morgan fingerprint density at radius 2 is 1.35 bits per heavy atom. The molecule has 0 saturated heterocycles. The van der Waals surface area contributed by atoms with E-state index in [0.29, 0.717) is 24.5 Å². The van der Waals surface area contributed by atoms with Gasteiger partial charge in [-0.25, -0.2) is 4.79 Å². The summed E-state index contributed by atoms with van der Waals surface area (Å²) in [4.78, 5) is 12.3. The predicted molar refractivity (Wildman–Crippen MR) is 128 cm³/mol. The van der Waals surface area contributed by atoms with Gasteiger partial charge in [-0.2, -0.15) is 0 Å². The number of carbonyl (C=O) groups is 1. The van der Waals surface area contributed by atoms with Gasteiger partial charge >= 0.3 is 5.97 Å². The number of nitrogens with two attached hydrogens (primary N) is 1. The van der Waals surface area contributed by atoms with Crippen LogP contribution in [0.5, 0.6) is 17.2 Å². The molecule has 0 aliphatic carbocycles. The molecule has 0 aliphatic rings. The van der Waals surface area contributed by atoms with Crippen molar-refractivity contribution >= 4 is 17.9 Å². The lowest BCUT2D eigenvalue weighted by atomic mass is 10.2. The lowest BCUT2D eigenvalue weighted by Gasteiger charge is -2.09. The van der Waals surface area contributed by atoms with Gasteiger partial charge in [-0.1, -0.05) is 30.9 Å². The molecule has 0 saturated carbocycles. The second kappa shape index (κ2) is 15.4. The molecular weight excluding hydrogens is 410 g/mol. The quantitative estimate of drug-likeness (QED) is 0.110. The van der Waals surface area contributed by atoms with Gasteiger partial charge in [0.2, 0.25) is 0 Å². The van der Waals surface area contributed by atoms with E-state index in [4.69, 9.17) is 19.3 Å². The summed E-state index contributed by atoms with van der Waals surface area (Å²) in [6, 6.07) is 14.1. The first-order chi connectivity index (χ1) is 15.2. The van der Waals surface area contributed by atoms with Crippen molar-refractivity contribution in [3.8, 4) is 17.2 Å². The average molecular weight is 444 g/mol. The Kier molecular flexibility index (Phi) is 12.3. The van der Waals surface area contributed by atoms with Crippen molar-refractivity contribution < 1.29 is 19.0 Å². The fraction of sp³-hybridized carbons (Fsp3) is 0.400. The standard InChI is InChI=1S/C25H33NO4S/c1-2-3-4-7-18-28-22-12-10-21(11-13-22)25(27)30-24-16-14-23(15-17-24)29-19-8-5-6-9-20-31-26/h2,10-17H,1,3-9,18-20,26H2. The fourth-order valence-electron chi connectivity index (χ4n) is 2.87. The summed E-state index contributed by atoms with van der Waals surface area (Å²) in [6.07, 6.45) is 9.41. The van der Waals surface area contributed by atoms with Gasteiger partial charge < -0.3 is 14.2 Å². The molecule has 0 fully saturated rings. The third-order valence-electron chi connectivity index (χ3n) is 4.62. The topological polar surface area (TPSA) is 70.8 Å². The highest BCUT2D eigenvalue weighted by Gasteiger charge is 2.09. The van der Waals surface area contributed by atoms with Crippen molar-refractivity contribution in [3.63, 3.8) is 0 Å². The summed E-state index contributed by atoms with van der Waals surface area (Å²) >= 11 is 1.40. The van der Waals surface area contributed by atoms with Crippen LogP contribution in [0.2, 0.25) is 0 Å². The summed E-state index contributed by atoms with van der Waals surface area (Å²) in [5.74, 6) is 2.61. The zero-order chi connectivity index (χ0) is 22.2. The van der Waals surface area contributed by atoms with E-state index in [-0.39, 0.29) is 0 Å². The minimum Gasteiger partial charge on any atom is -0.494 e. The van der Waals surface area contributed by atoms with Crippen molar-refractivity contribution in [3.05, 3.63) is 66.7 Å². The lowest BCUT2D eigenvalue weighted by Crippen LogP contribution is -2.08. The molecule has 0 radical (unpaired) electrons. The molecule has 0 heterocycles. The molecule has 0 aliphatic heterocycles. The van der Waals surface area contributed by atoms with Gasteiger partial charge in [0.05, 0.1) is 18.8 Å². The molecular formula is C25H33NO4S. The second-order valence-electron chi connectivity index (χ2n) is 7.15. The van der Waals surface area contributed by atoms with Crippen LogP contribution in [0.3, 0.4) is 0 Å². The Hall–Kier alpha value is -2.44. The smallest absolute Gasteiger partial charge is 0.343 e. The van der Waals surface area contributed by atoms with E-state index in [1.165, 1.54) is 18.4 Å². The number of hydrogen-bond donors (Lipinski definition) is 1. The van der Waals surface area contributed by atoms with E-state index < -0.39 is 5.97 Å². The number of ether oxygens (including phenoxy) is 3. The maximum atomic E-state index is 12.3. The maximum absolute atomic E-state index is 12.3. The minimum absolute atomic E-state index is 0.401. The number of allylic oxidation sites excluding steroid dienone is 1. The Labute approximate surface area is 190 Å². The summed E-state index contributed by atoms with van der Waals surface area (Å²) in [5.41, 5.74) is 0.479. The van der Waals surface area contributed by atoms with Gasteiger partial charge in [0.25, 0.3) is 0 Å². The molecule has 2 N–H and O–H groups in total. The molecule has 0 amide bonds. The van der Waals surface area contributed by atoms with Crippen molar-refractivity contribution in [2.75, 3.05) is 19.0 Å².